The van der Waals surface area contributed by atoms with Crippen LogP contribution in [0.2, 0.25) is 0 Å². The van der Waals surface area contributed by atoms with Crippen molar-refractivity contribution in [3.05, 3.63) is 58.7 Å². The lowest BCUT2D eigenvalue weighted by Crippen LogP contribution is -2.39. The number of hydrogen-bond donors (Lipinski definition) is 2. The highest BCUT2D eigenvalue weighted by molar-refractivity contribution is 5.46. The summed E-state index contributed by atoms with van der Waals surface area (Å²) in [6.07, 6.45) is 23.5. The molecule has 3 aliphatic rings. The standard InChI is InChI=1S/C40H60O4/c1-43-39-27-37(41)33-16-6-3-5-11-29-12-9-13-30(23-29)19-20-31-14-10-15-32(24-31)21-22-34-26-36(40(44-2)28-38(34)42)18-8-4-7-17-35(39)25-33/h9,12-13,23,26,28,31-33,35,37,39,41-42H,3-8,10-11,14-22,24-25,27H2,1-2H3. The Hall–Kier alpha value is -2.04. The van der Waals surface area contributed by atoms with Gasteiger partial charge in [0.25, 0.3) is 0 Å². The van der Waals surface area contributed by atoms with Crippen LogP contribution < -0.4 is 4.74 Å². The predicted octanol–water partition coefficient (Wildman–Crippen LogP) is 9.39. The summed E-state index contributed by atoms with van der Waals surface area (Å²) in [4.78, 5) is 0. The maximum Gasteiger partial charge on any atom is 0.125 e. The van der Waals surface area contributed by atoms with Crippen molar-refractivity contribution in [1.82, 2.24) is 0 Å². The molecule has 44 heavy (non-hydrogen) atoms. The number of aryl methyl sites for hydroxylation is 4. The van der Waals surface area contributed by atoms with Crippen LogP contribution >= 0.6 is 0 Å². The maximum atomic E-state index is 10.9. The van der Waals surface area contributed by atoms with E-state index in [0.717, 1.165) is 61.7 Å². The molecule has 0 heterocycles. The van der Waals surface area contributed by atoms with Crippen LogP contribution in [0.3, 0.4) is 0 Å². The number of aliphatic hydroxyl groups is 1. The molecule has 4 heteroatoms. The second-order valence-electron chi connectivity index (χ2n) is 14.6. The van der Waals surface area contributed by atoms with Crippen molar-refractivity contribution in [2.24, 2.45) is 23.7 Å². The summed E-state index contributed by atoms with van der Waals surface area (Å²) in [5.41, 5.74) is 5.33. The molecule has 0 aromatic heterocycles. The Morgan fingerprint density at radius 1 is 0.614 bits per heavy atom. The summed E-state index contributed by atoms with van der Waals surface area (Å²) in [6.45, 7) is 0. The molecule has 3 aliphatic carbocycles. The third kappa shape index (κ3) is 9.49. The van der Waals surface area contributed by atoms with Crippen LogP contribution in [0.1, 0.15) is 125 Å². The van der Waals surface area contributed by atoms with Gasteiger partial charge < -0.3 is 19.7 Å². The lowest BCUT2D eigenvalue weighted by Gasteiger charge is -2.39. The lowest BCUT2D eigenvalue weighted by atomic mass is 9.73. The number of rotatable bonds is 2. The molecule has 5 rings (SSSR count). The Kier molecular flexibility index (Phi) is 12.9. The molecule has 6 atom stereocenters. The summed E-state index contributed by atoms with van der Waals surface area (Å²) in [7, 11) is 3.54. The van der Waals surface area contributed by atoms with E-state index in [-0.39, 0.29) is 12.2 Å². The molecular weight excluding hydrogens is 544 g/mol. The first-order chi connectivity index (χ1) is 21.5. The number of methoxy groups -OCH3 is 2. The molecule has 244 valence electrons. The van der Waals surface area contributed by atoms with Crippen LogP contribution in [0.15, 0.2) is 36.4 Å². The van der Waals surface area contributed by atoms with Gasteiger partial charge in [-0.3, -0.25) is 0 Å². The van der Waals surface area contributed by atoms with E-state index in [1.54, 1.807) is 7.11 Å². The zero-order chi connectivity index (χ0) is 30.7. The van der Waals surface area contributed by atoms with Crippen LogP contribution in [0, 0.1) is 23.7 Å². The van der Waals surface area contributed by atoms with Gasteiger partial charge in [0.2, 0.25) is 0 Å². The second kappa shape index (κ2) is 17.0. The molecule has 2 aromatic rings. The largest absolute Gasteiger partial charge is 0.508 e. The van der Waals surface area contributed by atoms with E-state index in [1.165, 1.54) is 107 Å². The number of hydrogen-bond acceptors (Lipinski definition) is 4. The Morgan fingerprint density at radius 2 is 1.32 bits per heavy atom. The van der Waals surface area contributed by atoms with Crippen LogP contribution in [0.5, 0.6) is 11.5 Å². The Bertz CT molecular complexity index is 1140. The van der Waals surface area contributed by atoms with Crippen molar-refractivity contribution in [3.63, 3.8) is 0 Å². The van der Waals surface area contributed by atoms with Crippen LogP contribution in [-0.4, -0.2) is 36.6 Å². The summed E-state index contributed by atoms with van der Waals surface area (Å²) in [5.74, 6) is 3.76. The number of fused-ring (bicyclic) bond motifs is 8. The van der Waals surface area contributed by atoms with Crippen molar-refractivity contribution in [3.8, 4) is 11.5 Å². The third-order valence-corrected chi connectivity index (χ3v) is 11.5. The fourth-order valence-corrected chi connectivity index (χ4v) is 8.88. The zero-order valence-electron chi connectivity index (χ0n) is 27.8. The van der Waals surface area contributed by atoms with Crippen LogP contribution in [-0.2, 0) is 30.4 Å². The normalized spacial score (nSPS) is 29.9. The molecule has 2 aromatic carbocycles. The number of benzene rings is 2. The monoisotopic (exact) mass is 604 g/mol. The Labute approximate surface area is 268 Å². The minimum atomic E-state index is -0.227. The van der Waals surface area contributed by atoms with Crippen molar-refractivity contribution >= 4 is 0 Å². The van der Waals surface area contributed by atoms with Gasteiger partial charge in [-0.1, -0.05) is 69.2 Å². The first-order valence-corrected chi connectivity index (χ1v) is 18.2. The van der Waals surface area contributed by atoms with Gasteiger partial charge in [-0.05, 0) is 129 Å². The molecule has 6 unspecified atom stereocenters. The van der Waals surface area contributed by atoms with Crippen LogP contribution in [0.4, 0.5) is 0 Å². The van der Waals surface area contributed by atoms with Gasteiger partial charge in [0.15, 0.2) is 0 Å². The van der Waals surface area contributed by atoms with Gasteiger partial charge in [0, 0.05) is 19.6 Å². The topological polar surface area (TPSA) is 58.9 Å². The molecule has 0 aliphatic heterocycles. The van der Waals surface area contributed by atoms with Gasteiger partial charge in [-0.15, -0.1) is 0 Å². The molecule has 0 saturated heterocycles. The molecular formula is C40H60O4. The van der Waals surface area contributed by atoms with Crippen molar-refractivity contribution in [1.29, 1.82) is 0 Å². The number of phenols is 1. The second-order valence-corrected chi connectivity index (χ2v) is 14.6. The van der Waals surface area contributed by atoms with E-state index in [4.69, 9.17) is 9.47 Å². The predicted molar refractivity (Wildman–Crippen MR) is 181 cm³/mol. The summed E-state index contributed by atoms with van der Waals surface area (Å²) in [5, 5.41) is 21.8. The minimum absolute atomic E-state index is 0.180. The first kappa shape index (κ1) is 33.3. The van der Waals surface area contributed by atoms with Crippen molar-refractivity contribution in [2.45, 2.75) is 141 Å². The van der Waals surface area contributed by atoms with E-state index >= 15 is 0 Å². The zero-order valence-corrected chi connectivity index (χ0v) is 27.8. The van der Waals surface area contributed by atoms with Gasteiger partial charge in [-0.2, -0.15) is 0 Å². The summed E-state index contributed by atoms with van der Waals surface area (Å²) < 4.78 is 11.6. The highest BCUT2D eigenvalue weighted by atomic mass is 16.5. The number of phenolic OH excluding ortho intramolecular Hbond substituents is 1. The van der Waals surface area contributed by atoms with E-state index < -0.39 is 0 Å². The van der Waals surface area contributed by atoms with E-state index in [1.807, 2.05) is 13.2 Å². The van der Waals surface area contributed by atoms with Gasteiger partial charge in [0.05, 0.1) is 19.3 Å². The molecule has 2 saturated carbocycles. The number of ether oxygens (including phenoxy) is 2. The molecule has 2 N–H and O–H groups in total. The Morgan fingerprint density at radius 3 is 2.07 bits per heavy atom. The van der Waals surface area contributed by atoms with Gasteiger partial charge in [-0.25, -0.2) is 0 Å². The van der Waals surface area contributed by atoms with Crippen LogP contribution in [0.25, 0.3) is 0 Å². The molecule has 2 fully saturated rings. The summed E-state index contributed by atoms with van der Waals surface area (Å²) in [6, 6.07) is 13.5. The fourth-order valence-electron chi connectivity index (χ4n) is 8.88. The maximum absolute atomic E-state index is 10.9. The minimum Gasteiger partial charge on any atom is -0.508 e. The molecule has 0 amide bonds. The number of aliphatic hydroxyl groups excluding tert-OH is 1. The Balaban J connectivity index is 1.26. The number of aromatic hydroxyl groups is 1. The van der Waals surface area contributed by atoms with E-state index in [2.05, 4.69) is 30.3 Å². The molecule has 0 spiro atoms. The van der Waals surface area contributed by atoms with Gasteiger partial charge in [0.1, 0.15) is 11.5 Å². The van der Waals surface area contributed by atoms with E-state index in [9.17, 15) is 10.2 Å². The third-order valence-electron chi connectivity index (χ3n) is 11.5. The average molecular weight is 605 g/mol. The highest BCUT2D eigenvalue weighted by Crippen LogP contribution is 2.39. The van der Waals surface area contributed by atoms with Crippen molar-refractivity contribution < 1.29 is 19.7 Å². The molecule has 4 nitrogen and oxygen atoms in total. The summed E-state index contributed by atoms with van der Waals surface area (Å²) >= 11 is 0. The lowest BCUT2D eigenvalue weighted by molar-refractivity contribution is -0.0597. The van der Waals surface area contributed by atoms with Gasteiger partial charge >= 0.3 is 0 Å². The molecule has 8 bridgehead atoms. The first-order valence-electron chi connectivity index (χ1n) is 18.2. The quantitative estimate of drug-likeness (QED) is 0.359. The van der Waals surface area contributed by atoms with Crippen molar-refractivity contribution in [2.75, 3.05) is 14.2 Å². The SMILES string of the molecule is COc1cc(O)c2cc1CCCCCC1CC(CCCCCc3cccc(c3)CCC3CCCC(CC2)C3)C(O)CC1OC. The smallest absolute Gasteiger partial charge is 0.125 e. The fraction of sp³-hybridized carbons (Fsp3) is 0.700. The molecule has 0 radical (unpaired) electrons. The highest BCUT2D eigenvalue weighted by Gasteiger charge is 2.35. The average Bonchev–Trinajstić information content (AvgIpc) is 3.04. The van der Waals surface area contributed by atoms with E-state index in [0.29, 0.717) is 17.6 Å².